The molecule has 1 aliphatic heterocycles. The van der Waals surface area contributed by atoms with E-state index in [9.17, 15) is 9.59 Å². The van der Waals surface area contributed by atoms with Gasteiger partial charge < -0.3 is 19.5 Å². The molecule has 6 heteroatoms. The number of nitrogens with zero attached hydrogens (tertiary/aromatic N) is 1. The Morgan fingerprint density at radius 3 is 2.56 bits per heavy atom. The molecule has 0 unspecified atom stereocenters. The SMILES string of the molecule is COCC(=O)N(CC(=O)O)C1CCOCC1. The Hall–Kier alpha value is -1.14. The van der Waals surface area contributed by atoms with Gasteiger partial charge in [0.15, 0.2) is 0 Å². The maximum Gasteiger partial charge on any atom is 0.323 e. The van der Waals surface area contributed by atoms with E-state index in [0.717, 1.165) is 0 Å². The third-order valence-electron chi connectivity index (χ3n) is 2.53. The molecule has 0 saturated carbocycles. The van der Waals surface area contributed by atoms with Crippen molar-refractivity contribution >= 4 is 11.9 Å². The zero-order valence-electron chi connectivity index (χ0n) is 9.35. The van der Waals surface area contributed by atoms with Crippen LogP contribution in [0.5, 0.6) is 0 Å². The van der Waals surface area contributed by atoms with E-state index in [0.29, 0.717) is 26.1 Å². The van der Waals surface area contributed by atoms with Crippen molar-refractivity contribution < 1.29 is 24.2 Å². The lowest BCUT2D eigenvalue weighted by molar-refractivity contribution is -0.149. The lowest BCUT2D eigenvalue weighted by Crippen LogP contribution is -2.47. The van der Waals surface area contributed by atoms with Crippen LogP contribution in [0.3, 0.4) is 0 Å². The van der Waals surface area contributed by atoms with Crippen molar-refractivity contribution in [2.24, 2.45) is 0 Å². The Kier molecular flexibility index (Phi) is 5.21. The predicted molar refractivity (Wildman–Crippen MR) is 55.1 cm³/mol. The molecule has 0 aromatic rings. The van der Waals surface area contributed by atoms with Crippen LogP contribution in [-0.4, -0.2) is 61.4 Å². The molecule has 0 aromatic carbocycles. The second kappa shape index (κ2) is 6.44. The van der Waals surface area contributed by atoms with Gasteiger partial charge in [0, 0.05) is 26.4 Å². The average Bonchev–Trinajstić information content (AvgIpc) is 2.27. The Morgan fingerprint density at radius 2 is 2.06 bits per heavy atom. The molecule has 0 atom stereocenters. The summed E-state index contributed by atoms with van der Waals surface area (Å²) in [6.45, 7) is 0.791. The standard InChI is InChI=1S/C10H17NO5/c1-15-7-9(12)11(6-10(13)14)8-2-4-16-5-3-8/h8H,2-7H2,1H3,(H,13,14). The van der Waals surface area contributed by atoms with Gasteiger partial charge in [-0.3, -0.25) is 9.59 Å². The van der Waals surface area contributed by atoms with Gasteiger partial charge in [0.1, 0.15) is 13.2 Å². The third kappa shape index (κ3) is 3.79. The molecular weight excluding hydrogens is 214 g/mol. The van der Waals surface area contributed by atoms with Gasteiger partial charge in [-0.1, -0.05) is 0 Å². The highest BCUT2D eigenvalue weighted by molar-refractivity contribution is 5.82. The lowest BCUT2D eigenvalue weighted by Gasteiger charge is -2.33. The number of methoxy groups -OCH3 is 1. The summed E-state index contributed by atoms with van der Waals surface area (Å²) < 4.78 is 9.92. The highest BCUT2D eigenvalue weighted by atomic mass is 16.5. The molecule has 6 nitrogen and oxygen atoms in total. The highest BCUT2D eigenvalue weighted by Gasteiger charge is 2.27. The minimum atomic E-state index is -1.00. The largest absolute Gasteiger partial charge is 0.480 e. The molecule has 0 radical (unpaired) electrons. The third-order valence-corrected chi connectivity index (χ3v) is 2.53. The van der Waals surface area contributed by atoms with Crippen molar-refractivity contribution in [1.82, 2.24) is 4.90 Å². The first-order valence-electron chi connectivity index (χ1n) is 5.23. The Balaban J connectivity index is 2.60. The smallest absolute Gasteiger partial charge is 0.323 e. The molecule has 1 heterocycles. The van der Waals surface area contributed by atoms with Crippen molar-refractivity contribution in [1.29, 1.82) is 0 Å². The van der Waals surface area contributed by atoms with Gasteiger partial charge in [-0.25, -0.2) is 0 Å². The average molecular weight is 231 g/mol. The van der Waals surface area contributed by atoms with Crippen LogP contribution in [0.15, 0.2) is 0 Å². The van der Waals surface area contributed by atoms with Crippen molar-refractivity contribution in [2.45, 2.75) is 18.9 Å². The van der Waals surface area contributed by atoms with Gasteiger partial charge >= 0.3 is 5.97 Å². The predicted octanol–water partition coefficient (Wildman–Crippen LogP) is -0.275. The monoisotopic (exact) mass is 231 g/mol. The fraction of sp³-hybridized carbons (Fsp3) is 0.800. The van der Waals surface area contributed by atoms with Crippen LogP contribution in [0.1, 0.15) is 12.8 Å². The van der Waals surface area contributed by atoms with Crippen molar-refractivity contribution in [2.75, 3.05) is 33.5 Å². The van der Waals surface area contributed by atoms with Gasteiger partial charge in [-0.05, 0) is 12.8 Å². The van der Waals surface area contributed by atoms with Crippen LogP contribution >= 0.6 is 0 Å². The van der Waals surface area contributed by atoms with E-state index in [1.54, 1.807) is 0 Å². The molecule has 1 saturated heterocycles. The van der Waals surface area contributed by atoms with E-state index < -0.39 is 5.97 Å². The molecule has 0 spiro atoms. The molecule has 1 fully saturated rings. The van der Waals surface area contributed by atoms with Gasteiger partial charge in [0.25, 0.3) is 0 Å². The first-order chi connectivity index (χ1) is 7.65. The lowest BCUT2D eigenvalue weighted by atomic mass is 10.1. The summed E-state index contributed by atoms with van der Waals surface area (Å²) in [5.41, 5.74) is 0. The van der Waals surface area contributed by atoms with Gasteiger partial charge in [-0.15, -0.1) is 0 Å². The van der Waals surface area contributed by atoms with Crippen molar-refractivity contribution in [3.63, 3.8) is 0 Å². The van der Waals surface area contributed by atoms with E-state index in [4.69, 9.17) is 14.6 Å². The zero-order valence-corrected chi connectivity index (χ0v) is 9.35. The van der Waals surface area contributed by atoms with Crippen LogP contribution in [0.25, 0.3) is 0 Å². The molecule has 1 N–H and O–H groups in total. The summed E-state index contributed by atoms with van der Waals surface area (Å²) in [7, 11) is 1.42. The maximum absolute atomic E-state index is 11.7. The van der Waals surface area contributed by atoms with E-state index in [1.165, 1.54) is 12.0 Å². The Labute approximate surface area is 94.1 Å². The first kappa shape index (κ1) is 12.9. The number of carbonyl (C=O) groups is 2. The van der Waals surface area contributed by atoms with Crippen LogP contribution in [0.2, 0.25) is 0 Å². The van der Waals surface area contributed by atoms with E-state index in [1.807, 2.05) is 0 Å². The van der Waals surface area contributed by atoms with Gasteiger partial charge in [0.05, 0.1) is 0 Å². The molecule has 0 aliphatic carbocycles. The number of hydrogen-bond donors (Lipinski definition) is 1. The number of ether oxygens (including phenoxy) is 2. The summed E-state index contributed by atoms with van der Waals surface area (Å²) in [5.74, 6) is -1.28. The topological polar surface area (TPSA) is 76.1 Å². The number of carboxylic acid groups (broad SMARTS) is 1. The minimum Gasteiger partial charge on any atom is -0.480 e. The zero-order chi connectivity index (χ0) is 12.0. The molecule has 0 bridgehead atoms. The number of carbonyl (C=O) groups excluding carboxylic acids is 1. The molecule has 0 aromatic heterocycles. The summed E-state index contributed by atoms with van der Waals surface area (Å²) in [6.07, 6.45) is 1.37. The van der Waals surface area contributed by atoms with Crippen LogP contribution < -0.4 is 0 Å². The summed E-state index contributed by atoms with van der Waals surface area (Å²) in [4.78, 5) is 23.7. The number of hydrogen-bond acceptors (Lipinski definition) is 4. The van der Waals surface area contributed by atoms with E-state index in [-0.39, 0.29) is 25.1 Å². The van der Waals surface area contributed by atoms with Crippen LogP contribution in [0.4, 0.5) is 0 Å². The Bertz CT molecular complexity index is 250. The molecule has 1 rings (SSSR count). The Morgan fingerprint density at radius 1 is 1.44 bits per heavy atom. The van der Waals surface area contributed by atoms with Crippen LogP contribution in [-0.2, 0) is 19.1 Å². The summed E-state index contributed by atoms with van der Waals surface area (Å²) in [6, 6.07) is -0.0486. The fourth-order valence-electron chi connectivity index (χ4n) is 1.77. The summed E-state index contributed by atoms with van der Waals surface area (Å²) in [5, 5.41) is 8.77. The molecule has 16 heavy (non-hydrogen) atoms. The molecular formula is C10H17NO5. The molecule has 1 amide bonds. The number of carboxylic acids is 1. The molecule has 92 valence electrons. The van der Waals surface area contributed by atoms with Gasteiger partial charge in [-0.2, -0.15) is 0 Å². The maximum atomic E-state index is 11.7. The van der Waals surface area contributed by atoms with Crippen molar-refractivity contribution in [3.8, 4) is 0 Å². The fourth-order valence-corrected chi connectivity index (χ4v) is 1.77. The van der Waals surface area contributed by atoms with Gasteiger partial charge in [0.2, 0.25) is 5.91 Å². The minimum absolute atomic E-state index is 0.0486. The van der Waals surface area contributed by atoms with E-state index >= 15 is 0 Å². The normalized spacial score (nSPS) is 17.1. The molecule has 1 aliphatic rings. The second-order valence-corrected chi connectivity index (χ2v) is 3.69. The van der Waals surface area contributed by atoms with Crippen molar-refractivity contribution in [3.05, 3.63) is 0 Å². The van der Waals surface area contributed by atoms with E-state index in [2.05, 4.69) is 0 Å². The van der Waals surface area contributed by atoms with Crippen LogP contribution in [0, 0.1) is 0 Å². The first-order valence-corrected chi connectivity index (χ1v) is 5.23. The highest BCUT2D eigenvalue weighted by Crippen LogP contribution is 2.14. The number of rotatable bonds is 5. The number of amides is 1. The second-order valence-electron chi connectivity index (χ2n) is 3.69. The summed E-state index contributed by atoms with van der Waals surface area (Å²) >= 11 is 0. The quantitative estimate of drug-likeness (QED) is 0.704. The number of aliphatic carboxylic acids is 1.